The molecular weight excluding hydrogens is 233 g/mol. The molecule has 1 aliphatic rings. The smallest absolute Gasteiger partial charge is 0.235 e. The normalized spacial score (nSPS) is 17.3. The molecule has 0 N–H and O–H groups in total. The number of nitrogens with zero attached hydrogens (tertiary/aromatic N) is 1. The van der Waals surface area contributed by atoms with E-state index in [1.165, 1.54) is 13.2 Å². The summed E-state index contributed by atoms with van der Waals surface area (Å²) < 4.78 is 18.9. The van der Waals surface area contributed by atoms with E-state index < -0.39 is 11.4 Å². The monoisotopic (exact) mass is 249 g/mol. The summed E-state index contributed by atoms with van der Waals surface area (Å²) in [6.07, 6.45) is 5.18. The first-order chi connectivity index (χ1) is 8.63. The minimum Gasteiger partial charge on any atom is -0.493 e. The second kappa shape index (κ2) is 4.91. The van der Waals surface area contributed by atoms with Crippen LogP contribution in [0, 0.1) is 12.7 Å². The van der Waals surface area contributed by atoms with Gasteiger partial charge in [0, 0.05) is 0 Å². The van der Waals surface area contributed by atoms with Crippen LogP contribution in [0.25, 0.3) is 0 Å². The highest BCUT2D eigenvalue weighted by Gasteiger charge is 2.36. The molecule has 96 valence electrons. The number of ether oxygens (including phenoxy) is 1. The van der Waals surface area contributed by atoms with Gasteiger partial charge in [-0.1, -0.05) is 12.8 Å². The Hall–Kier alpha value is -1.67. The molecule has 0 bridgehead atoms. The minimum atomic E-state index is -0.584. The van der Waals surface area contributed by atoms with Crippen LogP contribution in [0.1, 0.15) is 36.8 Å². The van der Waals surface area contributed by atoms with E-state index in [0.717, 1.165) is 36.8 Å². The summed E-state index contributed by atoms with van der Waals surface area (Å²) in [7, 11) is 1.44. The molecule has 0 spiro atoms. The van der Waals surface area contributed by atoms with Crippen LogP contribution in [-0.4, -0.2) is 13.2 Å². The summed E-state index contributed by atoms with van der Waals surface area (Å²) in [4.78, 5) is 14.6. The number of aryl methyl sites for hydroxylation is 1. The second-order valence-electron chi connectivity index (χ2n) is 4.75. The van der Waals surface area contributed by atoms with Crippen LogP contribution in [0.5, 0.6) is 5.75 Å². The zero-order valence-corrected chi connectivity index (χ0v) is 10.6. The zero-order valence-electron chi connectivity index (χ0n) is 10.6. The average molecular weight is 249 g/mol. The van der Waals surface area contributed by atoms with Gasteiger partial charge in [0.2, 0.25) is 6.08 Å². The molecule has 0 unspecified atom stereocenters. The lowest BCUT2D eigenvalue weighted by Crippen LogP contribution is -2.19. The fourth-order valence-electron chi connectivity index (χ4n) is 2.77. The largest absolute Gasteiger partial charge is 0.493 e. The molecule has 18 heavy (non-hydrogen) atoms. The Morgan fingerprint density at radius 3 is 2.56 bits per heavy atom. The predicted octanol–water partition coefficient (Wildman–Crippen LogP) is 3.25. The van der Waals surface area contributed by atoms with Gasteiger partial charge < -0.3 is 4.74 Å². The molecule has 1 aromatic rings. The Morgan fingerprint density at radius 1 is 1.39 bits per heavy atom. The van der Waals surface area contributed by atoms with Gasteiger partial charge in [0.15, 0.2) is 11.6 Å². The maximum atomic E-state index is 13.9. The van der Waals surface area contributed by atoms with Crippen molar-refractivity contribution in [2.75, 3.05) is 7.11 Å². The van der Waals surface area contributed by atoms with E-state index >= 15 is 0 Å². The maximum absolute atomic E-state index is 13.9. The Morgan fingerprint density at radius 2 is 2.06 bits per heavy atom. The zero-order chi connectivity index (χ0) is 13.2. The Kier molecular flexibility index (Phi) is 3.48. The molecule has 3 nitrogen and oxygen atoms in total. The van der Waals surface area contributed by atoms with Gasteiger partial charge in [0.1, 0.15) is 0 Å². The standard InChI is InChI=1S/C14H16FNO2/c1-10-7-11(8-12(15)13(10)18-2)14(16-9-17)5-3-4-6-14/h7-8H,3-6H2,1-2H3. The van der Waals surface area contributed by atoms with Gasteiger partial charge in [-0.2, -0.15) is 4.99 Å². The number of halogens is 1. The van der Waals surface area contributed by atoms with E-state index in [4.69, 9.17) is 4.74 Å². The number of hydrogen-bond acceptors (Lipinski definition) is 3. The van der Waals surface area contributed by atoms with Gasteiger partial charge in [-0.05, 0) is 43.0 Å². The minimum absolute atomic E-state index is 0.252. The van der Waals surface area contributed by atoms with Gasteiger partial charge in [-0.25, -0.2) is 9.18 Å². The summed E-state index contributed by atoms with van der Waals surface area (Å²) in [5.74, 6) is -0.151. The number of hydrogen-bond donors (Lipinski definition) is 0. The number of methoxy groups -OCH3 is 1. The first-order valence-corrected chi connectivity index (χ1v) is 6.06. The fraction of sp³-hybridized carbons (Fsp3) is 0.500. The second-order valence-corrected chi connectivity index (χ2v) is 4.75. The Balaban J connectivity index is 2.53. The summed E-state index contributed by atoms with van der Waals surface area (Å²) >= 11 is 0. The molecular formula is C14H16FNO2. The molecule has 0 radical (unpaired) electrons. The Labute approximate surface area is 106 Å². The van der Waals surface area contributed by atoms with Crippen molar-refractivity contribution in [3.05, 3.63) is 29.1 Å². The van der Waals surface area contributed by atoms with E-state index in [1.807, 2.05) is 6.07 Å². The molecule has 0 aliphatic heterocycles. The first kappa shape index (κ1) is 12.8. The lowest BCUT2D eigenvalue weighted by atomic mass is 9.87. The third kappa shape index (κ3) is 2.04. The summed E-state index contributed by atoms with van der Waals surface area (Å²) in [6, 6.07) is 3.28. The highest BCUT2D eigenvalue weighted by atomic mass is 19.1. The molecule has 2 rings (SSSR count). The van der Waals surface area contributed by atoms with E-state index in [1.54, 1.807) is 13.0 Å². The van der Waals surface area contributed by atoms with Gasteiger partial charge in [-0.15, -0.1) is 0 Å². The maximum Gasteiger partial charge on any atom is 0.235 e. The van der Waals surface area contributed by atoms with Crippen LogP contribution in [0.2, 0.25) is 0 Å². The van der Waals surface area contributed by atoms with Crippen molar-refractivity contribution in [3.63, 3.8) is 0 Å². The van der Waals surface area contributed by atoms with Crippen molar-refractivity contribution in [2.24, 2.45) is 4.99 Å². The van der Waals surface area contributed by atoms with Crippen LogP contribution >= 0.6 is 0 Å². The number of aliphatic imine (C=N–C) groups is 1. The average Bonchev–Trinajstić information content (AvgIpc) is 2.79. The SMILES string of the molecule is COc1c(C)cc(C2(N=C=O)CCCC2)cc1F. The van der Waals surface area contributed by atoms with E-state index in [0.29, 0.717) is 0 Å². The van der Waals surface area contributed by atoms with Crippen molar-refractivity contribution in [2.45, 2.75) is 38.1 Å². The molecule has 1 fully saturated rings. The van der Waals surface area contributed by atoms with Crippen molar-refractivity contribution in [3.8, 4) is 5.75 Å². The van der Waals surface area contributed by atoms with Gasteiger partial charge in [-0.3, -0.25) is 0 Å². The predicted molar refractivity (Wildman–Crippen MR) is 66.0 cm³/mol. The third-order valence-electron chi connectivity index (χ3n) is 3.66. The van der Waals surface area contributed by atoms with Gasteiger partial charge in [0.05, 0.1) is 12.6 Å². The van der Waals surface area contributed by atoms with Crippen LogP contribution in [0.3, 0.4) is 0 Å². The van der Waals surface area contributed by atoms with E-state index in [9.17, 15) is 9.18 Å². The lowest BCUT2D eigenvalue weighted by Gasteiger charge is -2.24. The quantitative estimate of drug-likeness (QED) is 0.609. The van der Waals surface area contributed by atoms with Gasteiger partial charge in [0.25, 0.3) is 0 Å². The molecule has 0 amide bonds. The fourth-order valence-corrected chi connectivity index (χ4v) is 2.77. The van der Waals surface area contributed by atoms with Crippen LogP contribution in [0.4, 0.5) is 4.39 Å². The topological polar surface area (TPSA) is 38.7 Å². The molecule has 0 heterocycles. The van der Waals surface area contributed by atoms with E-state index in [-0.39, 0.29) is 5.75 Å². The van der Waals surface area contributed by atoms with Gasteiger partial charge >= 0.3 is 0 Å². The number of benzene rings is 1. The summed E-state index contributed by atoms with van der Waals surface area (Å²) in [6.45, 7) is 1.79. The molecule has 1 aromatic carbocycles. The lowest BCUT2D eigenvalue weighted by molar-refractivity contribution is 0.380. The summed E-state index contributed by atoms with van der Waals surface area (Å²) in [5, 5.41) is 0. The van der Waals surface area contributed by atoms with Crippen molar-refractivity contribution in [1.82, 2.24) is 0 Å². The number of isocyanates is 1. The molecule has 1 saturated carbocycles. The third-order valence-corrected chi connectivity index (χ3v) is 3.66. The molecule has 0 aromatic heterocycles. The molecule has 0 saturated heterocycles. The van der Waals surface area contributed by atoms with Crippen molar-refractivity contribution >= 4 is 6.08 Å². The van der Waals surface area contributed by atoms with E-state index in [2.05, 4.69) is 4.99 Å². The first-order valence-electron chi connectivity index (χ1n) is 6.06. The highest BCUT2D eigenvalue weighted by molar-refractivity contribution is 5.44. The van der Waals surface area contributed by atoms with Crippen LogP contribution in [0.15, 0.2) is 17.1 Å². The molecule has 0 atom stereocenters. The van der Waals surface area contributed by atoms with Crippen molar-refractivity contribution < 1.29 is 13.9 Å². The molecule has 1 aliphatic carbocycles. The summed E-state index contributed by atoms with van der Waals surface area (Å²) in [5.41, 5.74) is 0.888. The highest BCUT2D eigenvalue weighted by Crippen LogP contribution is 2.43. The molecule has 4 heteroatoms. The van der Waals surface area contributed by atoms with Crippen molar-refractivity contribution in [1.29, 1.82) is 0 Å². The van der Waals surface area contributed by atoms with Crippen LogP contribution in [-0.2, 0) is 10.3 Å². The number of carbonyl (C=O) groups excluding carboxylic acids is 1. The Bertz CT molecular complexity index is 478. The number of rotatable bonds is 3. The van der Waals surface area contributed by atoms with Crippen LogP contribution < -0.4 is 4.74 Å².